The first-order chi connectivity index (χ1) is 16.9. The molecule has 1 atom stereocenters. The lowest BCUT2D eigenvalue weighted by Gasteiger charge is -2.22. The van der Waals surface area contributed by atoms with Crippen LogP contribution in [0.3, 0.4) is 0 Å². The van der Waals surface area contributed by atoms with Gasteiger partial charge in [-0.1, -0.05) is 12.1 Å². The van der Waals surface area contributed by atoms with Crippen LogP contribution < -0.4 is 29.6 Å². The van der Waals surface area contributed by atoms with Gasteiger partial charge in [0, 0.05) is 6.54 Å². The molecule has 1 unspecified atom stereocenters. The maximum atomic E-state index is 13.1. The molecule has 2 aromatic rings. The first-order valence-electron chi connectivity index (χ1n) is 11.5. The van der Waals surface area contributed by atoms with E-state index in [4.69, 9.17) is 18.9 Å². The van der Waals surface area contributed by atoms with E-state index in [1.807, 2.05) is 32.0 Å². The molecule has 4 amide bonds. The molecule has 0 spiro atoms. The van der Waals surface area contributed by atoms with Gasteiger partial charge < -0.3 is 29.6 Å². The van der Waals surface area contributed by atoms with Gasteiger partial charge in [-0.2, -0.15) is 0 Å². The molecule has 1 fully saturated rings. The summed E-state index contributed by atoms with van der Waals surface area (Å²) >= 11 is 0. The molecule has 2 aromatic carbocycles. The lowest BCUT2D eigenvalue weighted by Crippen LogP contribution is -2.43. The molecule has 2 N–H and O–H groups in total. The average molecular weight is 484 g/mol. The SMILES string of the molecule is CCOc1ccc(CCNC(=O)CN2C(=O)NC(C)(c3ccc4c(c3)OCO4)C2=O)cc1OCC. The summed E-state index contributed by atoms with van der Waals surface area (Å²) in [7, 11) is 0. The largest absolute Gasteiger partial charge is 0.490 e. The number of nitrogens with zero attached hydrogens (tertiary/aromatic N) is 1. The predicted molar refractivity (Wildman–Crippen MR) is 126 cm³/mol. The molecular formula is C25H29N3O7. The van der Waals surface area contributed by atoms with Gasteiger partial charge in [0.15, 0.2) is 23.0 Å². The fraction of sp³-hybridized carbons (Fsp3) is 0.400. The maximum Gasteiger partial charge on any atom is 0.325 e. The van der Waals surface area contributed by atoms with E-state index in [1.54, 1.807) is 25.1 Å². The number of imide groups is 1. The minimum Gasteiger partial charge on any atom is -0.490 e. The monoisotopic (exact) mass is 483 g/mol. The van der Waals surface area contributed by atoms with Crippen molar-refractivity contribution in [3.05, 3.63) is 47.5 Å². The highest BCUT2D eigenvalue weighted by Crippen LogP contribution is 2.37. The number of fused-ring (bicyclic) bond motifs is 1. The zero-order valence-corrected chi connectivity index (χ0v) is 20.0. The van der Waals surface area contributed by atoms with E-state index in [0.29, 0.717) is 54.7 Å². The van der Waals surface area contributed by atoms with Gasteiger partial charge in [0.1, 0.15) is 12.1 Å². The van der Waals surface area contributed by atoms with Crippen molar-refractivity contribution in [3.63, 3.8) is 0 Å². The van der Waals surface area contributed by atoms with Crippen LogP contribution in [0.5, 0.6) is 23.0 Å². The van der Waals surface area contributed by atoms with Crippen molar-refractivity contribution in [1.82, 2.24) is 15.5 Å². The number of urea groups is 1. The molecule has 2 aliphatic heterocycles. The number of benzene rings is 2. The van der Waals surface area contributed by atoms with Crippen LogP contribution in [0, 0.1) is 0 Å². The van der Waals surface area contributed by atoms with Crippen molar-refractivity contribution >= 4 is 17.8 Å². The summed E-state index contributed by atoms with van der Waals surface area (Å²) < 4.78 is 21.9. The van der Waals surface area contributed by atoms with Gasteiger partial charge in [-0.3, -0.25) is 14.5 Å². The van der Waals surface area contributed by atoms with Crippen molar-refractivity contribution < 1.29 is 33.3 Å². The second kappa shape index (κ2) is 10.1. The van der Waals surface area contributed by atoms with E-state index >= 15 is 0 Å². The number of hydrogen-bond acceptors (Lipinski definition) is 7. The Labute approximate surface area is 203 Å². The number of rotatable bonds is 10. The third kappa shape index (κ3) is 4.96. The number of carbonyl (C=O) groups is 3. The van der Waals surface area contributed by atoms with Crippen LogP contribution in [0.25, 0.3) is 0 Å². The first kappa shape index (κ1) is 24.2. The fourth-order valence-electron chi connectivity index (χ4n) is 4.04. The molecule has 2 aliphatic rings. The van der Waals surface area contributed by atoms with Gasteiger partial charge in [-0.05, 0) is 62.6 Å². The van der Waals surface area contributed by atoms with E-state index in [0.717, 1.165) is 10.5 Å². The number of amides is 4. The molecule has 4 rings (SSSR count). The number of hydrogen-bond donors (Lipinski definition) is 2. The summed E-state index contributed by atoms with van der Waals surface area (Å²) in [6.07, 6.45) is 0.549. The zero-order valence-electron chi connectivity index (χ0n) is 20.0. The number of carbonyl (C=O) groups excluding carboxylic acids is 3. The average Bonchev–Trinajstić information content (AvgIpc) is 3.39. The van der Waals surface area contributed by atoms with Crippen LogP contribution in [0.4, 0.5) is 4.79 Å². The second-order valence-corrected chi connectivity index (χ2v) is 8.26. The number of ether oxygens (including phenoxy) is 4. The van der Waals surface area contributed by atoms with Crippen LogP contribution in [0.1, 0.15) is 31.9 Å². The molecule has 1 saturated heterocycles. The Bertz CT molecular complexity index is 1140. The first-order valence-corrected chi connectivity index (χ1v) is 11.5. The summed E-state index contributed by atoms with van der Waals surface area (Å²) in [5, 5.41) is 5.46. The molecule has 10 nitrogen and oxygen atoms in total. The van der Waals surface area contributed by atoms with Gasteiger partial charge in [0.2, 0.25) is 12.7 Å². The summed E-state index contributed by atoms with van der Waals surface area (Å²) in [6.45, 7) is 6.51. The fourth-order valence-corrected chi connectivity index (χ4v) is 4.04. The van der Waals surface area contributed by atoms with Gasteiger partial charge in [0.05, 0.1) is 13.2 Å². The van der Waals surface area contributed by atoms with Crippen LogP contribution in [-0.4, -0.2) is 55.8 Å². The van der Waals surface area contributed by atoms with Crippen molar-refractivity contribution in [2.45, 2.75) is 32.7 Å². The number of nitrogens with one attached hydrogen (secondary N) is 2. The maximum absolute atomic E-state index is 13.1. The molecule has 0 aromatic heterocycles. The van der Waals surface area contributed by atoms with E-state index in [2.05, 4.69) is 10.6 Å². The minimum absolute atomic E-state index is 0.103. The Morgan fingerprint density at radius 1 is 1.06 bits per heavy atom. The van der Waals surface area contributed by atoms with Crippen LogP contribution in [0.15, 0.2) is 36.4 Å². The molecule has 0 saturated carbocycles. The van der Waals surface area contributed by atoms with Crippen molar-refractivity contribution in [2.24, 2.45) is 0 Å². The third-order valence-electron chi connectivity index (χ3n) is 5.87. The van der Waals surface area contributed by atoms with E-state index in [-0.39, 0.29) is 13.3 Å². The molecule has 0 aliphatic carbocycles. The quantitative estimate of drug-likeness (QED) is 0.499. The van der Waals surface area contributed by atoms with Gasteiger partial charge >= 0.3 is 6.03 Å². The Morgan fingerprint density at radius 3 is 2.57 bits per heavy atom. The second-order valence-electron chi connectivity index (χ2n) is 8.26. The Balaban J connectivity index is 1.34. The summed E-state index contributed by atoms with van der Waals surface area (Å²) in [6, 6.07) is 10.1. The lowest BCUT2D eigenvalue weighted by molar-refractivity contribution is -0.134. The van der Waals surface area contributed by atoms with E-state index in [1.165, 1.54) is 0 Å². The normalized spacial score (nSPS) is 18.4. The van der Waals surface area contributed by atoms with Gasteiger partial charge in [-0.25, -0.2) is 4.79 Å². The molecule has 0 radical (unpaired) electrons. The standard InChI is InChI=1S/C25H29N3O7/c1-4-32-18-8-6-16(12-20(18)33-5-2)10-11-26-22(29)14-28-23(30)25(3,27-24(28)31)17-7-9-19-21(13-17)35-15-34-19/h6-9,12-13H,4-5,10-11,14-15H2,1-3H3,(H,26,29)(H,27,31). The van der Waals surface area contributed by atoms with E-state index in [9.17, 15) is 14.4 Å². The minimum atomic E-state index is -1.31. The highest BCUT2D eigenvalue weighted by Gasteiger charge is 2.49. The highest BCUT2D eigenvalue weighted by atomic mass is 16.7. The van der Waals surface area contributed by atoms with Crippen LogP contribution >= 0.6 is 0 Å². The predicted octanol–water partition coefficient (Wildman–Crippen LogP) is 2.34. The Morgan fingerprint density at radius 2 is 1.80 bits per heavy atom. The van der Waals surface area contributed by atoms with Crippen molar-refractivity contribution in [2.75, 3.05) is 33.1 Å². The molecule has 0 bridgehead atoms. The highest BCUT2D eigenvalue weighted by molar-refractivity contribution is 6.09. The molecule has 35 heavy (non-hydrogen) atoms. The molecule has 10 heteroatoms. The molecule has 2 heterocycles. The zero-order chi connectivity index (χ0) is 25.0. The van der Waals surface area contributed by atoms with Gasteiger partial charge in [-0.15, -0.1) is 0 Å². The van der Waals surface area contributed by atoms with Crippen molar-refractivity contribution in [1.29, 1.82) is 0 Å². The Kier molecular flexibility index (Phi) is 6.99. The third-order valence-corrected chi connectivity index (χ3v) is 5.87. The van der Waals surface area contributed by atoms with Crippen molar-refractivity contribution in [3.8, 4) is 23.0 Å². The summed E-state index contributed by atoms with van der Waals surface area (Å²) in [5.74, 6) is 1.46. The van der Waals surface area contributed by atoms with Gasteiger partial charge in [0.25, 0.3) is 5.91 Å². The van der Waals surface area contributed by atoms with E-state index < -0.39 is 23.4 Å². The van der Waals surface area contributed by atoms with Crippen LogP contribution in [-0.2, 0) is 21.5 Å². The smallest absolute Gasteiger partial charge is 0.325 e. The summed E-state index contributed by atoms with van der Waals surface area (Å²) in [5.41, 5.74) is 0.197. The molecule has 186 valence electrons. The summed E-state index contributed by atoms with van der Waals surface area (Å²) in [4.78, 5) is 39.1. The Hall–Kier alpha value is -3.95. The lowest BCUT2D eigenvalue weighted by atomic mass is 9.91. The molecular weight excluding hydrogens is 454 g/mol. The topological polar surface area (TPSA) is 115 Å². The van der Waals surface area contributed by atoms with Crippen LogP contribution in [0.2, 0.25) is 0 Å².